The first-order valence-electron chi connectivity index (χ1n) is 5.51. The number of benzene rings is 2. The number of nitrogens with one attached hydrogen (secondary N) is 1. The number of aromatic hydroxyl groups is 1. The van der Waals surface area contributed by atoms with Gasteiger partial charge in [0.25, 0.3) is 11.6 Å². The predicted molar refractivity (Wildman–Crippen MR) is 76.9 cm³/mol. The number of phenols is 1. The molecule has 0 spiro atoms. The number of hydrogen-bond donors (Lipinski definition) is 2. The lowest BCUT2D eigenvalue weighted by Gasteiger charge is -2.07. The van der Waals surface area contributed by atoms with Crippen molar-refractivity contribution in [3.8, 4) is 5.75 Å². The van der Waals surface area contributed by atoms with Crippen LogP contribution in [0.1, 0.15) is 10.4 Å². The maximum Gasteiger partial charge on any atom is 0.269 e. The largest absolute Gasteiger partial charge is 0.507 e. The number of carbonyl (C=O) groups excluding carboxylic acids is 1. The molecule has 0 aliphatic heterocycles. The number of hydrogen-bond acceptors (Lipinski definition) is 4. The van der Waals surface area contributed by atoms with Crippen LogP contribution in [-0.4, -0.2) is 15.9 Å². The van der Waals surface area contributed by atoms with E-state index in [2.05, 4.69) is 21.2 Å². The summed E-state index contributed by atoms with van der Waals surface area (Å²) in [6.45, 7) is 0. The molecule has 6 nitrogen and oxygen atoms in total. The van der Waals surface area contributed by atoms with Crippen molar-refractivity contribution >= 4 is 33.2 Å². The molecule has 0 bridgehead atoms. The topological polar surface area (TPSA) is 92.5 Å². The van der Waals surface area contributed by atoms with Gasteiger partial charge in [-0.2, -0.15) is 0 Å². The van der Waals surface area contributed by atoms with Crippen molar-refractivity contribution in [2.45, 2.75) is 0 Å². The number of halogens is 1. The summed E-state index contributed by atoms with van der Waals surface area (Å²) in [5.41, 5.74) is 0.462. The van der Waals surface area contributed by atoms with E-state index in [1.807, 2.05) is 0 Å². The van der Waals surface area contributed by atoms with Gasteiger partial charge in [-0.05, 0) is 30.3 Å². The van der Waals surface area contributed by atoms with Crippen LogP contribution in [-0.2, 0) is 0 Å². The monoisotopic (exact) mass is 336 g/mol. The minimum Gasteiger partial charge on any atom is -0.507 e. The fraction of sp³-hybridized carbons (Fsp3) is 0. The molecule has 0 atom stereocenters. The highest BCUT2D eigenvalue weighted by atomic mass is 79.9. The third-order valence-corrected chi connectivity index (χ3v) is 3.03. The third kappa shape index (κ3) is 3.12. The molecule has 0 aromatic heterocycles. The van der Waals surface area contributed by atoms with Crippen LogP contribution < -0.4 is 5.32 Å². The van der Waals surface area contributed by atoms with Crippen molar-refractivity contribution in [3.05, 3.63) is 62.6 Å². The maximum absolute atomic E-state index is 11.9. The number of nitrogens with zero attached hydrogens (tertiary/aromatic N) is 1. The minimum atomic E-state index is -0.522. The van der Waals surface area contributed by atoms with Gasteiger partial charge < -0.3 is 10.4 Å². The summed E-state index contributed by atoms with van der Waals surface area (Å²) < 4.78 is 0.655. The van der Waals surface area contributed by atoms with Crippen molar-refractivity contribution in [1.82, 2.24) is 0 Å². The lowest BCUT2D eigenvalue weighted by molar-refractivity contribution is -0.384. The Labute approximate surface area is 122 Å². The molecule has 0 saturated carbocycles. The molecule has 2 rings (SSSR count). The SMILES string of the molecule is O=C(Nc1ccc([N+](=O)[O-])cc1)c1ccc(Br)cc1O. The van der Waals surface area contributed by atoms with E-state index in [4.69, 9.17) is 0 Å². The van der Waals surface area contributed by atoms with Crippen LogP contribution in [0, 0.1) is 10.1 Å². The van der Waals surface area contributed by atoms with Gasteiger partial charge >= 0.3 is 0 Å². The zero-order valence-electron chi connectivity index (χ0n) is 10.0. The van der Waals surface area contributed by atoms with Crippen LogP contribution in [0.2, 0.25) is 0 Å². The highest BCUT2D eigenvalue weighted by molar-refractivity contribution is 9.10. The molecular weight excluding hydrogens is 328 g/mol. The molecule has 0 aliphatic rings. The van der Waals surface area contributed by atoms with Gasteiger partial charge in [0.15, 0.2) is 0 Å². The normalized spacial score (nSPS) is 10.1. The first kappa shape index (κ1) is 14.0. The zero-order valence-corrected chi connectivity index (χ0v) is 11.6. The van der Waals surface area contributed by atoms with Crippen molar-refractivity contribution in [1.29, 1.82) is 0 Å². The van der Waals surface area contributed by atoms with E-state index in [0.717, 1.165) is 0 Å². The minimum absolute atomic E-state index is 0.0607. The molecule has 0 unspecified atom stereocenters. The van der Waals surface area contributed by atoms with Crippen LogP contribution in [0.5, 0.6) is 5.75 Å². The molecule has 0 heterocycles. The molecule has 1 amide bonds. The molecule has 2 N–H and O–H groups in total. The Balaban J connectivity index is 2.17. The van der Waals surface area contributed by atoms with Crippen LogP contribution in [0.25, 0.3) is 0 Å². The van der Waals surface area contributed by atoms with Gasteiger partial charge in [-0.3, -0.25) is 14.9 Å². The lowest BCUT2D eigenvalue weighted by Crippen LogP contribution is -2.12. The van der Waals surface area contributed by atoms with Crippen LogP contribution in [0.15, 0.2) is 46.9 Å². The molecule has 0 aliphatic carbocycles. The Bertz CT molecular complexity index is 671. The van der Waals surface area contributed by atoms with Crippen molar-refractivity contribution < 1.29 is 14.8 Å². The van der Waals surface area contributed by atoms with E-state index in [1.165, 1.54) is 36.4 Å². The average Bonchev–Trinajstić information content (AvgIpc) is 2.39. The first-order chi connectivity index (χ1) is 9.47. The molecule has 0 fully saturated rings. The Morgan fingerprint density at radius 2 is 1.85 bits per heavy atom. The fourth-order valence-electron chi connectivity index (χ4n) is 1.56. The number of nitro groups is 1. The molecular formula is C13H9BrN2O4. The van der Waals surface area contributed by atoms with Gasteiger partial charge in [0.2, 0.25) is 0 Å². The van der Waals surface area contributed by atoms with Gasteiger partial charge in [0.05, 0.1) is 10.5 Å². The second kappa shape index (κ2) is 5.70. The van der Waals surface area contributed by atoms with Crippen LogP contribution in [0.4, 0.5) is 11.4 Å². The summed E-state index contributed by atoms with van der Waals surface area (Å²) in [6, 6.07) is 9.93. The summed E-state index contributed by atoms with van der Waals surface area (Å²) in [5, 5.41) is 22.7. The Hall–Kier alpha value is -2.41. The summed E-state index contributed by atoms with van der Waals surface area (Å²) in [4.78, 5) is 21.9. The summed E-state index contributed by atoms with van der Waals surface area (Å²) >= 11 is 3.18. The Morgan fingerprint density at radius 1 is 1.20 bits per heavy atom. The summed E-state index contributed by atoms with van der Waals surface area (Å²) in [6.07, 6.45) is 0. The smallest absolute Gasteiger partial charge is 0.269 e. The van der Waals surface area contributed by atoms with Crippen LogP contribution in [0.3, 0.4) is 0 Å². The van der Waals surface area contributed by atoms with Gasteiger partial charge in [-0.25, -0.2) is 0 Å². The van der Waals surface area contributed by atoms with Gasteiger partial charge in [0, 0.05) is 22.3 Å². The number of rotatable bonds is 3. The molecule has 2 aromatic rings. The van der Waals surface area contributed by atoms with E-state index in [9.17, 15) is 20.0 Å². The van der Waals surface area contributed by atoms with E-state index in [1.54, 1.807) is 6.07 Å². The number of phenolic OH excluding ortho intramolecular Hbond substituents is 1. The van der Waals surface area contributed by atoms with Gasteiger partial charge in [0.1, 0.15) is 5.75 Å². The Morgan fingerprint density at radius 3 is 2.40 bits per heavy atom. The molecule has 0 radical (unpaired) electrons. The standard InChI is InChI=1S/C13H9BrN2O4/c14-8-1-6-11(12(17)7-8)13(18)15-9-2-4-10(5-3-9)16(19)20/h1-7,17H,(H,15,18). The van der Waals surface area contributed by atoms with E-state index < -0.39 is 10.8 Å². The van der Waals surface area contributed by atoms with Crippen molar-refractivity contribution in [3.63, 3.8) is 0 Å². The van der Waals surface area contributed by atoms with E-state index in [0.29, 0.717) is 10.2 Å². The Kier molecular flexibility index (Phi) is 3.99. The molecule has 0 saturated heterocycles. The van der Waals surface area contributed by atoms with Crippen molar-refractivity contribution in [2.24, 2.45) is 0 Å². The first-order valence-corrected chi connectivity index (χ1v) is 6.31. The highest BCUT2D eigenvalue weighted by Crippen LogP contribution is 2.23. The molecule has 2 aromatic carbocycles. The fourth-order valence-corrected chi connectivity index (χ4v) is 1.91. The number of nitro benzene ring substituents is 1. The highest BCUT2D eigenvalue weighted by Gasteiger charge is 2.12. The number of amides is 1. The van der Waals surface area contributed by atoms with E-state index >= 15 is 0 Å². The third-order valence-electron chi connectivity index (χ3n) is 2.54. The van der Waals surface area contributed by atoms with Crippen molar-refractivity contribution in [2.75, 3.05) is 5.32 Å². The summed E-state index contributed by atoms with van der Waals surface area (Å²) in [5.74, 6) is -0.650. The second-order valence-electron chi connectivity index (χ2n) is 3.92. The van der Waals surface area contributed by atoms with Gasteiger partial charge in [-0.1, -0.05) is 15.9 Å². The zero-order chi connectivity index (χ0) is 14.7. The summed E-state index contributed by atoms with van der Waals surface area (Å²) in [7, 11) is 0. The average molecular weight is 337 g/mol. The second-order valence-corrected chi connectivity index (χ2v) is 4.84. The molecule has 102 valence electrons. The maximum atomic E-state index is 11.9. The molecule has 7 heteroatoms. The number of anilines is 1. The van der Waals surface area contributed by atoms with E-state index in [-0.39, 0.29) is 17.0 Å². The van der Waals surface area contributed by atoms with Crippen LogP contribution >= 0.6 is 15.9 Å². The lowest BCUT2D eigenvalue weighted by atomic mass is 10.2. The number of carbonyl (C=O) groups is 1. The predicted octanol–water partition coefficient (Wildman–Crippen LogP) is 3.32. The van der Waals surface area contributed by atoms with Gasteiger partial charge in [-0.15, -0.1) is 0 Å². The number of non-ortho nitro benzene ring substituents is 1. The molecule has 20 heavy (non-hydrogen) atoms. The quantitative estimate of drug-likeness (QED) is 0.664.